The molecule has 1 rings (SSSR count). The molecule has 18 heavy (non-hydrogen) atoms. The summed E-state index contributed by atoms with van der Waals surface area (Å²) in [6.07, 6.45) is -10.3. The Morgan fingerprint density at radius 2 is 1.78 bits per heavy atom. The van der Waals surface area contributed by atoms with Gasteiger partial charge in [-0.3, -0.25) is 0 Å². The van der Waals surface area contributed by atoms with Crippen molar-refractivity contribution in [3.8, 4) is 11.6 Å². The fraction of sp³-hybridized carbons (Fsp3) is 0.375. The lowest BCUT2D eigenvalue weighted by Crippen LogP contribution is -2.19. The Kier molecular flexibility index (Phi) is 3.99. The number of pyridine rings is 1. The minimum absolute atomic E-state index is 0.232. The fourth-order valence-electron chi connectivity index (χ4n) is 1.03. The van der Waals surface area contributed by atoms with Gasteiger partial charge in [-0.05, 0) is 6.07 Å². The Labute approximate surface area is 105 Å². The van der Waals surface area contributed by atoms with Gasteiger partial charge < -0.3 is 9.84 Å². The van der Waals surface area contributed by atoms with Gasteiger partial charge in [0.25, 0.3) is 5.88 Å². The van der Waals surface area contributed by atoms with Gasteiger partial charge in [-0.15, -0.1) is 13.2 Å². The Balaban J connectivity index is 3.34. The molecular formula is C8H4BrF6NO2. The predicted octanol–water partition coefficient (Wildman–Crippen LogP) is 3.60. The third-order valence-electron chi connectivity index (χ3n) is 1.67. The second-order valence-corrected chi connectivity index (χ2v) is 3.55. The molecule has 10 heteroatoms. The number of hydrogen-bond donors (Lipinski definition) is 1. The van der Waals surface area contributed by atoms with Gasteiger partial charge in [0.1, 0.15) is 5.56 Å². The van der Waals surface area contributed by atoms with Crippen LogP contribution in [0, 0.1) is 0 Å². The van der Waals surface area contributed by atoms with Crippen LogP contribution >= 0.6 is 15.9 Å². The van der Waals surface area contributed by atoms with E-state index in [-0.39, 0.29) is 11.0 Å². The second-order valence-electron chi connectivity index (χ2n) is 2.99. The summed E-state index contributed by atoms with van der Waals surface area (Å²) >= 11 is 2.75. The van der Waals surface area contributed by atoms with Gasteiger partial charge in [-0.1, -0.05) is 15.9 Å². The van der Waals surface area contributed by atoms with Crippen LogP contribution in [0.15, 0.2) is 6.07 Å². The van der Waals surface area contributed by atoms with E-state index >= 15 is 0 Å². The fourth-order valence-corrected chi connectivity index (χ4v) is 1.32. The normalized spacial score (nSPS) is 12.6. The van der Waals surface area contributed by atoms with Crippen LogP contribution in [0.2, 0.25) is 0 Å². The molecule has 1 N–H and O–H groups in total. The van der Waals surface area contributed by atoms with Gasteiger partial charge in [0.2, 0.25) is 0 Å². The molecule has 0 aliphatic carbocycles. The van der Waals surface area contributed by atoms with E-state index in [0.717, 1.165) is 0 Å². The predicted molar refractivity (Wildman–Crippen MR) is 50.2 cm³/mol. The van der Waals surface area contributed by atoms with E-state index in [4.69, 9.17) is 5.11 Å². The van der Waals surface area contributed by atoms with Crippen molar-refractivity contribution in [2.75, 3.05) is 0 Å². The van der Waals surface area contributed by atoms with E-state index in [0.29, 0.717) is 6.07 Å². The van der Waals surface area contributed by atoms with Crippen molar-refractivity contribution < 1.29 is 36.2 Å². The molecule has 102 valence electrons. The van der Waals surface area contributed by atoms with Crippen molar-refractivity contribution >= 4 is 15.9 Å². The molecule has 1 heterocycles. The smallest absolute Gasteiger partial charge is 0.503 e. The van der Waals surface area contributed by atoms with E-state index in [2.05, 4.69) is 25.7 Å². The quantitative estimate of drug-likeness (QED) is 0.661. The summed E-state index contributed by atoms with van der Waals surface area (Å²) < 4.78 is 76.3. The van der Waals surface area contributed by atoms with Gasteiger partial charge in [-0.2, -0.15) is 13.2 Å². The van der Waals surface area contributed by atoms with E-state index in [9.17, 15) is 26.3 Å². The largest absolute Gasteiger partial charge is 0.574 e. The maximum atomic E-state index is 12.4. The monoisotopic (exact) mass is 339 g/mol. The number of ether oxygens (including phenoxy) is 1. The first kappa shape index (κ1) is 14.9. The lowest BCUT2D eigenvalue weighted by molar-refractivity contribution is -0.276. The SMILES string of the molecule is Oc1c(C(F)(F)F)cc(CBr)nc1OC(F)(F)F. The van der Waals surface area contributed by atoms with Gasteiger partial charge >= 0.3 is 12.5 Å². The highest BCUT2D eigenvalue weighted by molar-refractivity contribution is 9.08. The molecule has 3 nitrogen and oxygen atoms in total. The zero-order chi connectivity index (χ0) is 14.1. The van der Waals surface area contributed by atoms with Crippen molar-refractivity contribution in [1.29, 1.82) is 0 Å². The highest BCUT2D eigenvalue weighted by atomic mass is 79.9. The molecule has 0 unspecified atom stereocenters. The second kappa shape index (κ2) is 4.82. The minimum Gasteiger partial charge on any atom is -0.503 e. The molecule has 0 saturated carbocycles. The minimum atomic E-state index is -5.25. The number of aromatic nitrogens is 1. The topological polar surface area (TPSA) is 42.4 Å². The lowest BCUT2D eigenvalue weighted by atomic mass is 10.2. The number of aromatic hydroxyl groups is 1. The molecule has 0 atom stereocenters. The highest BCUT2D eigenvalue weighted by Crippen LogP contribution is 2.41. The Bertz CT molecular complexity index is 444. The van der Waals surface area contributed by atoms with Crippen LogP contribution in [0.5, 0.6) is 11.6 Å². The van der Waals surface area contributed by atoms with E-state index < -0.39 is 29.7 Å². The lowest BCUT2D eigenvalue weighted by Gasteiger charge is -2.14. The summed E-state index contributed by atoms with van der Waals surface area (Å²) in [7, 11) is 0. The van der Waals surface area contributed by atoms with Crippen LogP contribution in [0.25, 0.3) is 0 Å². The van der Waals surface area contributed by atoms with E-state index in [1.807, 2.05) is 0 Å². The van der Waals surface area contributed by atoms with Crippen LogP contribution in [-0.2, 0) is 11.5 Å². The Morgan fingerprint density at radius 3 is 2.17 bits per heavy atom. The van der Waals surface area contributed by atoms with Crippen molar-refractivity contribution in [1.82, 2.24) is 4.98 Å². The van der Waals surface area contributed by atoms with Gasteiger partial charge in [0, 0.05) is 5.33 Å². The third kappa shape index (κ3) is 3.65. The molecule has 1 aromatic rings. The van der Waals surface area contributed by atoms with Crippen LogP contribution in [0.3, 0.4) is 0 Å². The van der Waals surface area contributed by atoms with Crippen molar-refractivity contribution in [2.24, 2.45) is 0 Å². The number of nitrogens with zero attached hydrogens (tertiary/aromatic N) is 1. The maximum absolute atomic E-state index is 12.4. The molecule has 0 bridgehead atoms. The summed E-state index contributed by atoms with van der Waals surface area (Å²) in [4.78, 5) is 3.11. The van der Waals surface area contributed by atoms with Gasteiger partial charge in [0.15, 0.2) is 5.75 Å². The summed E-state index contributed by atoms with van der Waals surface area (Å²) in [6, 6.07) is 0.424. The molecule has 0 amide bonds. The number of hydrogen-bond acceptors (Lipinski definition) is 3. The highest BCUT2D eigenvalue weighted by Gasteiger charge is 2.39. The summed E-state index contributed by atoms with van der Waals surface area (Å²) in [5.41, 5.74) is -2.01. The standard InChI is InChI=1S/C8H4BrF6NO2/c9-2-3-1-4(7(10,11)12)5(17)6(16-3)18-8(13,14)15/h1,17H,2H2. The van der Waals surface area contributed by atoms with Crippen molar-refractivity contribution in [2.45, 2.75) is 17.9 Å². The average Bonchev–Trinajstić information content (AvgIpc) is 2.17. The van der Waals surface area contributed by atoms with Crippen LogP contribution < -0.4 is 4.74 Å². The van der Waals surface area contributed by atoms with Crippen molar-refractivity contribution in [3.05, 3.63) is 17.3 Å². The number of rotatable bonds is 2. The zero-order valence-corrected chi connectivity index (χ0v) is 9.82. The summed E-state index contributed by atoms with van der Waals surface area (Å²) in [5.74, 6) is -3.24. The van der Waals surface area contributed by atoms with Crippen LogP contribution in [0.4, 0.5) is 26.3 Å². The van der Waals surface area contributed by atoms with E-state index in [1.165, 1.54) is 0 Å². The van der Waals surface area contributed by atoms with Crippen LogP contribution in [-0.4, -0.2) is 16.5 Å². The molecular weight excluding hydrogens is 336 g/mol. The Hall–Kier alpha value is -1.19. The molecule has 0 saturated heterocycles. The third-order valence-corrected chi connectivity index (χ3v) is 2.24. The first-order chi connectivity index (χ1) is 8.04. The molecule has 0 fully saturated rings. The van der Waals surface area contributed by atoms with Crippen LogP contribution in [0.1, 0.15) is 11.3 Å². The van der Waals surface area contributed by atoms with Gasteiger partial charge in [-0.25, -0.2) is 4.98 Å². The first-order valence-electron chi connectivity index (χ1n) is 4.16. The maximum Gasteiger partial charge on any atom is 0.574 e. The molecule has 0 radical (unpaired) electrons. The Morgan fingerprint density at radius 1 is 1.22 bits per heavy atom. The first-order valence-corrected chi connectivity index (χ1v) is 5.28. The molecule has 1 aromatic heterocycles. The molecule has 0 spiro atoms. The number of halogens is 7. The summed E-state index contributed by atoms with van der Waals surface area (Å²) in [6.45, 7) is 0. The average molecular weight is 340 g/mol. The molecule has 0 aliphatic rings. The molecule has 0 aliphatic heterocycles. The van der Waals surface area contributed by atoms with Crippen molar-refractivity contribution in [3.63, 3.8) is 0 Å². The number of alkyl halides is 7. The molecule has 0 aromatic carbocycles. The summed E-state index contributed by atoms with van der Waals surface area (Å²) in [5, 5.41) is 8.85. The van der Waals surface area contributed by atoms with E-state index in [1.54, 1.807) is 0 Å². The zero-order valence-electron chi connectivity index (χ0n) is 8.23. The van der Waals surface area contributed by atoms with Gasteiger partial charge in [0.05, 0.1) is 5.69 Å².